The molecule has 48 heavy (non-hydrogen) atoms. The molecule has 0 radical (unpaired) electrons. The first-order chi connectivity index (χ1) is 23.4. The molecule has 0 unspecified atom stereocenters. The predicted molar refractivity (Wildman–Crippen MR) is 199 cm³/mol. The highest BCUT2D eigenvalue weighted by Gasteiger charge is 2.15. The van der Waals surface area contributed by atoms with E-state index in [0.717, 1.165) is 92.3 Å². The van der Waals surface area contributed by atoms with Crippen molar-refractivity contribution in [1.82, 2.24) is 14.9 Å². The zero-order valence-corrected chi connectivity index (χ0v) is 28.9. The Labute approximate surface area is 290 Å². The Morgan fingerprint density at radius 1 is 0.646 bits per heavy atom. The van der Waals surface area contributed by atoms with Gasteiger partial charge in [0.15, 0.2) is 0 Å². The number of rotatable bonds is 14. The zero-order chi connectivity index (χ0) is 33.6. The van der Waals surface area contributed by atoms with Crippen molar-refractivity contribution >= 4 is 84.1 Å². The van der Waals surface area contributed by atoms with Gasteiger partial charge in [-0.2, -0.15) is 0 Å². The van der Waals surface area contributed by atoms with Crippen molar-refractivity contribution in [2.45, 2.75) is 32.6 Å². The van der Waals surface area contributed by atoms with Crippen molar-refractivity contribution in [3.8, 4) is 11.5 Å². The maximum atomic E-state index is 12.9. The van der Waals surface area contributed by atoms with Crippen LogP contribution < -0.4 is 20.1 Å². The van der Waals surface area contributed by atoms with Crippen LogP contribution in [0.1, 0.15) is 32.6 Å². The lowest BCUT2D eigenvalue weighted by Crippen LogP contribution is -2.33. The molecule has 0 aliphatic carbocycles. The van der Waals surface area contributed by atoms with E-state index in [1.165, 1.54) is 0 Å². The lowest BCUT2D eigenvalue weighted by Gasteiger charge is -2.23. The Balaban J connectivity index is 1.09. The third kappa shape index (κ3) is 7.30. The number of pyridine rings is 2. The molecule has 248 valence electrons. The van der Waals surface area contributed by atoms with Gasteiger partial charge in [0.05, 0.1) is 47.7 Å². The monoisotopic (exact) mass is 683 g/mol. The van der Waals surface area contributed by atoms with E-state index in [-0.39, 0.29) is 5.91 Å². The Kier molecular flexibility index (Phi) is 10.5. The second kappa shape index (κ2) is 15.1. The standard InChI is InChI=1S/C38H39Cl2N5O3/c1-4-36(46)45(19-7-17-42-38-29-13-9-25(40)21-35(29)44-33-15-11-27(48-3)23-31(33)38)18-6-5-16-41-37-28-12-8-24(39)20-34(28)43-32-14-10-26(47-2)22-30(32)37/h8-15,20-23H,4-7,16-19H2,1-3H3,(H,41,43)(H,42,44). The molecule has 2 aromatic heterocycles. The van der Waals surface area contributed by atoms with E-state index >= 15 is 0 Å². The van der Waals surface area contributed by atoms with E-state index in [4.69, 9.17) is 42.6 Å². The normalized spacial score (nSPS) is 11.4. The topological polar surface area (TPSA) is 88.6 Å². The molecule has 0 aliphatic rings. The molecule has 10 heteroatoms. The molecule has 1 amide bonds. The molecule has 2 N–H and O–H groups in total. The van der Waals surface area contributed by atoms with E-state index in [9.17, 15) is 4.79 Å². The number of carbonyl (C=O) groups is 1. The summed E-state index contributed by atoms with van der Waals surface area (Å²) in [7, 11) is 3.33. The summed E-state index contributed by atoms with van der Waals surface area (Å²) in [4.78, 5) is 24.5. The van der Waals surface area contributed by atoms with Gasteiger partial charge in [-0.15, -0.1) is 0 Å². The number of carbonyl (C=O) groups excluding carboxylic acids is 1. The fraction of sp³-hybridized carbons (Fsp3) is 0.289. The number of nitrogens with zero attached hydrogens (tertiary/aromatic N) is 3. The molecule has 4 aromatic carbocycles. The summed E-state index contributed by atoms with van der Waals surface area (Å²) in [6.45, 7) is 4.73. The number of anilines is 2. The molecule has 6 aromatic rings. The van der Waals surface area contributed by atoms with E-state index in [1.807, 2.05) is 84.6 Å². The number of hydrogen-bond acceptors (Lipinski definition) is 7. The van der Waals surface area contributed by atoms with Crippen LogP contribution in [0, 0.1) is 0 Å². The van der Waals surface area contributed by atoms with E-state index in [0.29, 0.717) is 36.1 Å². The van der Waals surface area contributed by atoms with Crippen LogP contribution in [0.2, 0.25) is 10.0 Å². The van der Waals surface area contributed by atoms with Gasteiger partial charge in [0.25, 0.3) is 0 Å². The molecular weight excluding hydrogens is 645 g/mol. The second-order valence-corrected chi connectivity index (χ2v) is 12.6. The molecule has 0 aliphatic heterocycles. The van der Waals surface area contributed by atoms with Crippen LogP contribution in [-0.4, -0.2) is 61.2 Å². The first kappa shape index (κ1) is 33.4. The van der Waals surface area contributed by atoms with Crippen LogP contribution >= 0.6 is 23.2 Å². The average molecular weight is 685 g/mol. The Morgan fingerprint density at radius 3 is 1.65 bits per heavy atom. The number of ether oxygens (including phenoxy) is 2. The highest BCUT2D eigenvalue weighted by molar-refractivity contribution is 6.32. The molecule has 0 saturated carbocycles. The predicted octanol–water partition coefficient (Wildman–Crippen LogP) is 9.35. The van der Waals surface area contributed by atoms with Crippen LogP contribution in [-0.2, 0) is 4.79 Å². The van der Waals surface area contributed by atoms with Gasteiger partial charge in [0.1, 0.15) is 11.5 Å². The van der Waals surface area contributed by atoms with E-state index in [1.54, 1.807) is 14.2 Å². The van der Waals surface area contributed by atoms with E-state index in [2.05, 4.69) is 10.6 Å². The van der Waals surface area contributed by atoms with Crippen molar-refractivity contribution in [3.63, 3.8) is 0 Å². The SMILES string of the molecule is CCC(=O)N(CCCCNc1c2ccc(Cl)cc2nc2ccc(OC)cc12)CCCNc1c2ccc(Cl)cc2nc2ccc(OC)cc12. The van der Waals surface area contributed by atoms with Crippen LogP contribution in [0.25, 0.3) is 43.6 Å². The summed E-state index contributed by atoms with van der Waals surface area (Å²) < 4.78 is 11.0. The van der Waals surface area contributed by atoms with Gasteiger partial charge in [-0.05, 0) is 92.1 Å². The number of unbranched alkanes of at least 4 members (excludes halogenated alkanes) is 1. The molecule has 0 saturated heterocycles. The minimum Gasteiger partial charge on any atom is -0.497 e. The number of aromatic nitrogens is 2. The van der Waals surface area contributed by atoms with Crippen LogP contribution in [0.15, 0.2) is 72.8 Å². The average Bonchev–Trinajstić information content (AvgIpc) is 3.10. The van der Waals surface area contributed by atoms with Crippen LogP contribution in [0.4, 0.5) is 11.4 Å². The van der Waals surface area contributed by atoms with Crippen molar-refractivity contribution in [3.05, 3.63) is 82.8 Å². The summed E-state index contributed by atoms with van der Waals surface area (Å²) in [6, 6.07) is 23.3. The van der Waals surface area contributed by atoms with Crippen molar-refractivity contribution in [1.29, 1.82) is 0 Å². The summed E-state index contributed by atoms with van der Waals surface area (Å²) in [5.74, 6) is 1.71. The molecule has 8 nitrogen and oxygen atoms in total. The van der Waals surface area contributed by atoms with Gasteiger partial charge < -0.3 is 25.0 Å². The molecule has 0 fully saturated rings. The maximum Gasteiger partial charge on any atom is 0.222 e. The third-order valence-electron chi connectivity index (χ3n) is 8.60. The largest absolute Gasteiger partial charge is 0.497 e. The van der Waals surface area contributed by atoms with E-state index < -0.39 is 0 Å². The third-order valence-corrected chi connectivity index (χ3v) is 9.07. The first-order valence-electron chi connectivity index (χ1n) is 16.3. The van der Waals surface area contributed by atoms with Gasteiger partial charge >= 0.3 is 0 Å². The van der Waals surface area contributed by atoms with Gasteiger partial charge in [0.2, 0.25) is 5.91 Å². The first-order valence-corrected chi connectivity index (χ1v) is 17.0. The lowest BCUT2D eigenvalue weighted by atomic mass is 10.1. The van der Waals surface area contributed by atoms with Gasteiger partial charge in [-0.1, -0.05) is 30.1 Å². The lowest BCUT2D eigenvalue weighted by molar-refractivity contribution is -0.131. The number of amides is 1. The molecule has 2 heterocycles. The Hall–Kier alpha value is -4.53. The molecule has 6 rings (SSSR count). The summed E-state index contributed by atoms with van der Waals surface area (Å²) in [5, 5.41) is 12.6. The number of methoxy groups -OCH3 is 2. The van der Waals surface area contributed by atoms with Crippen LogP contribution in [0.3, 0.4) is 0 Å². The fourth-order valence-electron chi connectivity index (χ4n) is 6.14. The smallest absolute Gasteiger partial charge is 0.222 e. The highest BCUT2D eigenvalue weighted by Crippen LogP contribution is 2.35. The molecular formula is C38H39Cl2N5O3. The molecule has 0 atom stereocenters. The summed E-state index contributed by atoms with van der Waals surface area (Å²) in [6.07, 6.45) is 3.05. The maximum absolute atomic E-state index is 12.9. The van der Waals surface area contributed by atoms with Gasteiger partial charge in [-0.3, -0.25) is 4.79 Å². The van der Waals surface area contributed by atoms with Crippen molar-refractivity contribution < 1.29 is 14.3 Å². The molecule has 0 bridgehead atoms. The van der Waals surface area contributed by atoms with Gasteiger partial charge in [0, 0.05) is 64.2 Å². The number of halogens is 2. The summed E-state index contributed by atoms with van der Waals surface area (Å²) in [5.41, 5.74) is 5.40. The minimum atomic E-state index is 0.164. The van der Waals surface area contributed by atoms with Crippen molar-refractivity contribution in [2.24, 2.45) is 0 Å². The molecule has 0 spiro atoms. The number of fused-ring (bicyclic) bond motifs is 4. The number of benzene rings is 4. The van der Waals surface area contributed by atoms with Gasteiger partial charge in [-0.25, -0.2) is 9.97 Å². The quantitative estimate of drug-likeness (QED) is 0.0873. The highest BCUT2D eigenvalue weighted by atomic mass is 35.5. The summed E-state index contributed by atoms with van der Waals surface area (Å²) >= 11 is 12.6. The fourth-order valence-corrected chi connectivity index (χ4v) is 6.47. The second-order valence-electron chi connectivity index (χ2n) is 11.7. The van der Waals surface area contributed by atoms with Crippen LogP contribution in [0.5, 0.6) is 11.5 Å². The van der Waals surface area contributed by atoms with Crippen molar-refractivity contribution in [2.75, 3.05) is 51.0 Å². The minimum absolute atomic E-state index is 0.164. The number of nitrogens with one attached hydrogen (secondary N) is 2. The Bertz CT molecular complexity index is 2110. The Morgan fingerprint density at radius 2 is 1.15 bits per heavy atom. The number of hydrogen-bond donors (Lipinski definition) is 2. The zero-order valence-electron chi connectivity index (χ0n) is 27.4.